The molecule has 0 aromatic heterocycles. The minimum absolute atomic E-state index is 0.143. The van der Waals surface area contributed by atoms with Gasteiger partial charge < -0.3 is 10.4 Å². The van der Waals surface area contributed by atoms with E-state index in [1.165, 1.54) is 0 Å². The van der Waals surface area contributed by atoms with Crippen molar-refractivity contribution in [3.05, 3.63) is 0 Å². The molecule has 74 valence electrons. The molecule has 0 aliphatic carbocycles. The highest BCUT2D eigenvalue weighted by Gasteiger charge is 2.22. The molecule has 0 bridgehead atoms. The lowest BCUT2D eigenvalue weighted by atomic mass is 9.87. The molecule has 0 radical (unpaired) electrons. The lowest BCUT2D eigenvalue weighted by Gasteiger charge is -2.30. The molecule has 2 nitrogen and oxygen atoms in total. The number of rotatable bonds is 4. The van der Waals surface area contributed by atoms with E-state index in [4.69, 9.17) is 5.11 Å². The molecular weight excluding hydrogens is 150 g/mol. The van der Waals surface area contributed by atoms with Crippen LogP contribution in [0.25, 0.3) is 0 Å². The van der Waals surface area contributed by atoms with E-state index in [0.717, 1.165) is 6.54 Å². The normalized spacial score (nSPS) is 15.2. The van der Waals surface area contributed by atoms with Gasteiger partial charge in [-0.05, 0) is 17.9 Å². The van der Waals surface area contributed by atoms with E-state index < -0.39 is 0 Å². The molecule has 1 atom stereocenters. The fourth-order valence-corrected chi connectivity index (χ4v) is 1.02. The monoisotopic (exact) mass is 173 g/mol. The number of hydrogen-bond acceptors (Lipinski definition) is 2. The van der Waals surface area contributed by atoms with E-state index in [-0.39, 0.29) is 18.1 Å². The Hall–Kier alpha value is -0.0800. The van der Waals surface area contributed by atoms with Gasteiger partial charge in [0.25, 0.3) is 0 Å². The molecule has 0 aliphatic heterocycles. The first-order valence-corrected chi connectivity index (χ1v) is 4.72. The Morgan fingerprint density at radius 1 is 1.25 bits per heavy atom. The van der Waals surface area contributed by atoms with Crippen LogP contribution >= 0.6 is 0 Å². The number of aliphatic hydroxyl groups excluding tert-OH is 1. The average molecular weight is 173 g/mol. The van der Waals surface area contributed by atoms with Crippen LogP contribution in [0.5, 0.6) is 0 Å². The smallest absolute Gasteiger partial charge is 0.0589 e. The third-order valence-electron chi connectivity index (χ3n) is 2.00. The molecule has 0 aliphatic rings. The molecule has 2 heteroatoms. The topological polar surface area (TPSA) is 32.3 Å². The molecule has 0 amide bonds. The van der Waals surface area contributed by atoms with Crippen LogP contribution in [0.15, 0.2) is 0 Å². The van der Waals surface area contributed by atoms with Gasteiger partial charge in [0, 0.05) is 6.04 Å². The van der Waals surface area contributed by atoms with Crippen LogP contribution < -0.4 is 5.32 Å². The van der Waals surface area contributed by atoms with Gasteiger partial charge in [-0.3, -0.25) is 0 Å². The van der Waals surface area contributed by atoms with Gasteiger partial charge in [-0.25, -0.2) is 0 Å². The van der Waals surface area contributed by atoms with Gasteiger partial charge in [0.2, 0.25) is 0 Å². The van der Waals surface area contributed by atoms with Crippen molar-refractivity contribution in [2.75, 3.05) is 13.2 Å². The Morgan fingerprint density at radius 3 is 2.00 bits per heavy atom. The highest BCUT2D eigenvalue weighted by atomic mass is 16.3. The minimum Gasteiger partial charge on any atom is -0.395 e. The first kappa shape index (κ1) is 11.9. The lowest BCUT2D eigenvalue weighted by molar-refractivity contribution is 0.156. The van der Waals surface area contributed by atoms with Crippen LogP contribution in [0.3, 0.4) is 0 Å². The second kappa shape index (κ2) is 4.83. The van der Waals surface area contributed by atoms with Crippen LogP contribution in [0.4, 0.5) is 0 Å². The minimum atomic E-state index is 0.143. The summed E-state index contributed by atoms with van der Waals surface area (Å²) < 4.78 is 0. The van der Waals surface area contributed by atoms with Crippen LogP contribution in [0.1, 0.15) is 34.6 Å². The highest BCUT2D eigenvalue weighted by molar-refractivity contribution is 4.79. The van der Waals surface area contributed by atoms with Gasteiger partial charge in [-0.2, -0.15) is 0 Å². The summed E-state index contributed by atoms with van der Waals surface area (Å²) in [6, 6.07) is 0.208. The summed E-state index contributed by atoms with van der Waals surface area (Å²) in [4.78, 5) is 0. The van der Waals surface area contributed by atoms with Crippen LogP contribution in [-0.4, -0.2) is 24.3 Å². The second-order valence-electron chi connectivity index (χ2n) is 4.90. The number of hydrogen-bond donors (Lipinski definition) is 2. The third-order valence-corrected chi connectivity index (χ3v) is 2.00. The molecule has 0 unspecified atom stereocenters. The second-order valence-corrected chi connectivity index (χ2v) is 4.90. The first-order chi connectivity index (χ1) is 5.38. The Morgan fingerprint density at radius 2 is 1.75 bits per heavy atom. The zero-order valence-electron chi connectivity index (χ0n) is 9.02. The molecule has 0 aromatic carbocycles. The highest BCUT2D eigenvalue weighted by Crippen LogP contribution is 2.18. The SMILES string of the molecule is CC(C)CN[C@@H](CO)C(C)(C)C. The third kappa shape index (κ3) is 4.73. The molecule has 0 saturated heterocycles. The van der Waals surface area contributed by atoms with Gasteiger partial charge in [-0.1, -0.05) is 34.6 Å². The predicted octanol–water partition coefficient (Wildman–Crippen LogP) is 1.64. The van der Waals surface area contributed by atoms with E-state index in [2.05, 4.69) is 39.9 Å². The molecule has 12 heavy (non-hydrogen) atoms. The Kier molecular flexibility index (Phi) is 4.80. The largest absolute Gasteiger partial charge is 0.395 e. The zero-order chi connectivity index (χ0) is 9.78. The summed E-state index contributed by atoms with van der Waals surface area (Å²) in [5.41, 5.74) is 0.143. The molecule has 2 N–H and O–H groups in total. The predicted molar refractivity (Wildman–Crippen MR) is 53.2 cm³/mol. The van der Waals surface area contributed by atoms with E-state index in [1.54, 1.807) is 0 Å². The van der Waals surface area contributed by atoms with Crippen molar-refractivity contribution in [3.8, 4) is 0 Å². The molecule has 0 spiro atoms. The standard InChI is InChI=1S/C10H23NO/c1-8(2)6-11-9(7-12)10(3,4)5/h8-9,11-12H,6-7H2,1-5H3/t9-/m0/s1. The summed E-state index contributed by atoms with van der Waals surface area (Å²) in [6.45, 7) is 12.0. The van der Waals surface area contributed by atoms with Crippen LogP contribution in [-0.2, 0) is 0 Å². The fourth-order valence-electron chi connectivity index (χ4n) is 1.02. The van der Waals surface area contributed by atoms with Crippen molar-refractivity contribution < 1.29 is 5.11 Å². The summed E-state index contributed by atoms with van der Waals surface area (Å²) in [6.07, 6.45) is 0. The van der Waals surface area contributed by atoms with E-state index >= 15 is 0 Å². The molecule has 0 rings (SSSR count). The average Bonchev–Trinajstić information content (AvgIpc) is 1.85. The summed E-state index contributed by atoms with van der Waals surface area (Å²) in [7, 11) is 0. The van der Waals surface area contributed by atoms with Gasteiger partial charge in [-0.15, -0.1) is 0 Å². The lowest BCUT2D eigenvalue weighted by Crippen LogP contribution is -2.44. The number of nitrogens with one attached hydrogen (secondary N) is 1. The van der Waals surface area contributed by atoms with Crippen LogP contribution in [0.2, 0.25) is 0 Å². The van der Waals surface area contributed by atoms with Crippen LogP contribution in [0, 0.1) is 11.3 Å². The molecule has 0 fully saturated rings. The quantitative estimate of drug-likeness (QED) is 0.677. The van der Waals surface area contributed by atoms with E-state index in [0.29, 0.717) is 5.92 Å². The van der Waals surface area contributed by atoms with Crippen molar-refractivity contribution >= 4 is 0 Å². The zero-order valence-corrected chi connectivity index (χ0v) is 9.02. The van der Waals surface area contributed by atoms with Crippen molar-refractivity contribution in [2.24, 2.45) is 11.3 Å². The van der Waals surface area contributed by atoms with E-state index in [1.807, 2.05) is 0 Å². The number of aliphatic hydroxyl groups is 1. The Labute approximate surface area is 76.4 Å². The van der Waals surface area contributed by atoms with E-state index in [9.17, 15) is 0 Å². The van der Waals surface area contributed by atoms with Gasteiger partial charge >= 0.3 is 0 Å². The maximum Gasteiger partial charge on any atom is 0.0589 e. The van der Waals surface area contributed by atoms with Crippen molar-refractivity contribution in [3.63, 3.8) is 0 Å². The van der Waals surface area contributed by atoms with Crippen molar-refractivity contribution in [1.82, 2.24) is 5.32 Å². The maximum atomic E-state index is 9.11. The Balaban J connectivity index is 3.84. The molecule has 0 heterocycles. The molecule has 0 aromatic rings. The first-order valence-electron chi connectivity index (χ1n) is 4.72. The van der Waals surface area contributed by atoms with Gasteiger partial charge in [0.1, 0.15) is 0 Å². The van der Waals surface area contributed by atoms with Crippen molar-refractivity contribution in [2.45, 2.75) is 40.7 Å². The van der Waals surface area contributed by atoms with Gasteiger partial charge in [0.05, 0.1) is 6.61 Å². The Bertz CT molecular complexity index is 115. The summed E-state index contributed by atoms with van der Waals surface area (Å²) in [5.74, 6) is 0.640. The van der Waals surface area contributed by atoms with Crippen molar-refractivity contribution in [1.29, 1.82) is 0 Å². The van der Waals surface area contributed by atoms with Gasteiger partial charge in [0.15, 0.2) is 0 Å². The summed E-state index contributed by atoms with van der Waals surface area (Å²) >= 11 is 0. The maximum absolute atomic E-state index is 9.11. The molecule has 0 saturated carbocycles. The molecular formula is C10H23NO. The summed E-state index contributed by atoms with van der Waals surface area (Å²) in [5, 5.41) is 12.5. The fraction of sp³-hybridized carbons (Fsp3) is 1.00.